The molecular formula is C14H19BrClN. The van der Waals surface area contributed by atoms with Crippen LogP contribution in [0.5, 0.6) is 0 Å². The third kappa shape index (κ3) is 3.24. The molecule has 1 aliphatic rings. The molecule has 0 heterocycles. The summed E-state index contributed by atoms with van der Waals surface area (Å²) in [6.07, 6.45) is 3.94. The van der Waals surface area contributed by atoms with Crippen LogP contribution in [-0.2, 0) is 6.54 Å². The fraction of sp³-hybridized carbons (Fsp3) is 0.571. The zero-order chi connectivity index (χ0) is 12.5. The Bertz CT molecular complexity index is 403. The molecule has 2 rings (SSSR count). The number of nitrogens with one attached hydrogen (secondary N) is 1. The molecule has 1 aromatic carbocycles. The van der Waals surface area contributed by atoms with Crippen LogP contribution in [0.1, 0.15) is 38.7 Å². The molecule has 0 bridgehead atoms. The van der Waals surface area contributed by atoms with E-state index in [1.807, 2.05) is 18.2 Å². The third-order valence-electron chi connectivity index (χ3n) is 3.80. The molecule has 1 aromatic rings. The van der Waals surface area contributed by atoms with Gasteiger partial charge in [0.1, 0.15) is 0 Å². The van der Waals surface area contributed by atoms with Gasteiger partial charge >= 0.3 is 0 Å². The Labute approximate surface area is 117 Å². The molecular weight excluding hydrogens is 298 g/mol. The van der Waals surface area contributed by atoms with Crippen molar-refractivity contribution >= 4 is 27.5 Å². The second-order valence-electron chi connectivity index (χ2n) is 5.55. The van der Waals surface area contributed by atoms with Crippen LogP contribution in [0.4, 0.5) is 0 Å². The normalized spacial score (nSPS) is 22.9. The predicted molar refractivity (Wildman–Crippen MR) is 77.4 cm³/mol. The van der Waals surface area contributed by atoms with Gasteiger partial charge in [-0.05, 0) is 42.0 Å². The van der Waals surface area contributed by atoms with E-state index in [-0.39, 0.29) is 0 Å². The molecule has 94 valence electrons. The van der Waals surface area contributed by atoms with Crippen LogP contribution in [0.2, 0.25) is 5.02 Å². The number of halogens is 2. The first kappa shape index (κ1) is 13.4. The second kappa shape index (κ2) is 5.29. The lowest BCUT2D eigenvalue weighted by molar-refractivity contribution is 0.282. The van der Waals surface area contributed by atoms with Crippen molar-refractivity contribution in [1.29, 1.82) is 0 Å². The Balaban J connectivity index is 2.00. The Hall–Kier alpha value is -0.0500. The maximum atomic E-state index is 6.02. The van der Waals surface area contributed by atoms with E-state index in [1.165, 1.54) is 24.8 Å². The minimum atomic E-state index is 0.422. The van der Waals surface area contributed by atoms with E-state index >= 15 is 0 Å². The summed E-state index contributed by atoms with van der Waals surface area (Å²) < 4.78 is 1.13. The van der Waals surface area contributed by atoms with Gasteiger partial charge in [-0.1, -0.05) is 47.8 Å². The van der Waals surface area contributed by atoms with Crippen molar-refractivity contribution in [2.45, 2.75) is 45.7 Å². The highest BCUT2D eigenvalue weighted by Crippen LogP contribution is 2.37. The smallest absolute Gasteiger partial charge is 0.0410 e. The van der Waals surface area contributed by atoms with Gasteiger partial charge in [-0.2, -0.15) is 0 Å². The average Bonchev–Trinajstić information content (AvgIpc) is 2.59. The molecule has 0 aliphatic heterocycles. The Morgan fingerprint density at radius 2 is 2.24 bits per heavy atom. The highest BCUT2D eigenvalue weighted by Gasteiger charge is 2.33. The molecule has 0 aromatic heterocycles. The first-order valence-electron chi connectivity index (χ1n) is 6.16. The van der Waals surface area contributed by atoms with Crippen molar-refractivity contribution in [3.05, 3.63) is 33.3 Å². The molecule has 1 saturated carbocycles. The topological polar surface area (TPSA) is 12.0 Å². The molecule has 0 saturated heterocycles. The average molecular weight is 317 g/mol. The van der Waals surface area contributed by atoms with Crippen LogP contribution in [0.15, 0.2) is 22.7 Å². The zero-order valence-electron chi connectivity index (χ0n) is 10.4. The molecule has 1 N–H and O–H groups in total. The molecule has 1 fully saturated rings. The number of hydrogen-bond acceptors (Lipinski definition) is 1. The van der Waals surface area contributed by atoms with Crippen LogP contribution in [0.25, 0.3) is 0 Å². The van der Waals surface area contributed by atoms with E-state index in [2.05, 4.69) is 35.1 Å². The number of rotatable bonds is 3. The lowest BCUT2D eigenvalue weighted by Gasteiger charge is -2.28. The fourth-order valence-electron chi connectivity index (χ4n) is 2.62. The summed E-state index contributed by atoms with van der Waals surface area (Å²) >= 11 is 9.59. The highest BCUT2D eigenvalue weighted by atomic mass is 79.9. The van der Waals surface area contributed by atoms with E-state index in [4.69, 9.17) is 11.6 Å². The van der Waals surface area contributed by atoms with Crippen molar-refractivity contribution in [1.82, 2.24) is 5.32 Å². The molecule has 1 atom stereocenters. The standard InChI is InChI=1S/C14H19BrClN/c1-14(2)7-3-4-13(14)17-9-10-8-11(16)5-6-12(10)15/h5-6,8,13,17H,3-4,7,9H2,1-2H3. The van der Waals surface area contributed by atoms with Gasteiger partial charge in [0.25, 0.3) is 0 Å². The summed E-state index contributed by atoms with van der Waals surface area (Å²) in [7, 11) is 0. The summed E-state index contributed by atoms with van der Waals surface area (Å²) in [6, 6.07) is 6.57. The number of benzene rings is 1. The molecule has 0 amide bonds. The lowest BCUT2D eigenvalue weighted by Crippen LogP contribution is -2.37. The molecule has 1 nitrogen and oxygen atoms in total. The minimum absolute atomic E-state index is 0.422. The quantitative estimate of drug-likeness (QED) is 0.847. The molecule has 1 aliphatic carbocycles. The van der Waals surface area contributed by atoms with E-state index in [1.54, 1.807) is 0 Å². The lowest BCUT2D eigenvalue weighted by atomic mass is 9.87. The van der Waals surface area contributed by atoms with Crippen molar-refractivity contribution in [3.63, 3.8) is 0 Å². The van der Waals surface area contributed by atoms with Crippen molar-refractivity contribution in [2.75, 3.05) is 0 Å². The summed E-state index contributed by atoms with van der Waals surface area (Å²) in [5, 5.41) is 4.47. The molecule has 17 heavy (non-hydrogen) atoms. The molecule has 3 heteroatoms. The first-order chi connectivity index (χ1) is 7.99. The van der Waals surface area contributed by atoms with Gasteiger partial charge < -0.3 is 5.32 Å². The van der Waals surface area contributed by atoms with Crippen LogP contribution >= 0.6 is 27.5 Å². The largest absolute Gasteiger partial charge is 0.309 e. The van der Waals surface area contributed by atoms with Gasteiger partial charge in [0, 0.05) is 22.1 Å². The Kier molecular flexibility index (Phi) is 4.17. The molecule has 0 spiro atoms. The third-order valence-corrected chi connectivity index (χ3v) is 4.81. The maximum absolute atomic E-state index is 6.02. The van der Waals surface area contributed by atoms with Gasteiger partial charge in [0.05, 0.1) is 0 Å². The first-order valence-corrected chi connectivity index (χ1v) is 7.33. The summed E-state index contributed by atoms with van der Waals surface area (Å²) in [4.78, 5) is 0. The van der Waals surface area contributed by atoms with Gasteiger partial charge in [-0.15, -0.1) is 0 Å². The van der Waals surface area contributed by atoms with Crippen LogP contribution in [0.3, 0.4) is 0 Å². The second-order valence-corrected chi connectivity index (χ2v) is 6.84. The monoisotopic (exact) mass is 315 g/mol. The van der Waals surface area contributed by atoms with Crippen molar-refractivity contribution < 1.29 is 0 Å². The van der Waals surface area contributed by atoms with E-state index in [0.717, 1.165) is 16.0 Å². The zero-order valence-corrected chi connectivity index (χ0v) is 12.7. The molecule has 0 radical (unpaired) electrons. The summed E-state index contributed by atoms with van der Waals surface area (Å²) in [5.74, 6) is 0. The predicted octanol–water partition coefficient (Wildman–Crippen LogP) is 4.77. The minimum Gasteiger partial charge on any atom is -0.309 e. The van der Waals surface area contributed by atoms with Gasteiger partial charge in [0.15, 0.2) is 0 Å². The summed E-state index contributed by atoms with van der Waals surface area (Å²) in [5.41, 5.74) is 1.66. The Morgan fingerprint density at radius 1 is 1.47 bits per heavy atom. The van der Waals surface area contributed by atoms with Crippen molar-refractivity contribution in [3.8, 4) is 0 Å². The number of hydrogen-bond donors (Lipinski definition) is 1. The van der Waals surface area contributed by atoms with Gasteiger partial charge in [0.2, 0.25) is 0 Å². The van der Waals surface area contributed by atoms with E-state index < -0.39 is 0 Å². The van der Waals surface area contributed by atoms with Crippen molar-refractivity contribution in [2.24, 2.45) is 5.41 Å². The highest BCUT2D eigenvalue weighted by molar-refractivity contribution is 9.10. The van der Waals surface area contributed by atoms with E-state index in [0.29, 0.717) is 11.5 Å². The van der Waals surface area contributed by atoms with Crippen LogP contribution < -0.4 is 5.32 Å². The fourth-order valence-corrected chi connectivity index (χ4v) is 3.20. The van der Waals surface area contributed by atoms with E-state index in [9.17, 15) is 0 Å². The maximum Gasteiger partial charge on any atom is 0.0410 e. The SMILES string of the molecule is CC1(C)CCCC1NCc1cc(Cl)ccc1Br. The summed E-state index contributed by atoms with van der Waals surface area (Å²) in [6.45, 7) is 5.59. The molecule has 1 unspecified atom stereocenters. The van der Waals surface area contributed by atoms with Gasteiger partial charge in [-0.25, -0.2) is 0 Å². The van der Waals surface area contributed by atoms with Crippen LogP contribution in [0, 0.1) is 5.41 Å². The Morgan fingerprint density at radius 3 is 2.88 bits per heavy atom. The van der Waals surface area contributed by atoms with Crippen LogP contribution in [-0.4, -0.2) is 6.04 Å². The van der Waals surface area contributed by atoms with Gasteiger partial charge in [-0.3, -0.25) is 0 Å².